The SMILES string of the molecule is Clc1nc2c(c(NCC3CC3)n1)CNC2. The van der Waals surface area contributed by atoms with Crippen LogP contribution in [0, 0.1) is 5.92 Å². The maximum atomic E-state index is 5.87. The van der Waals surface area contributed by atoms with E-state index >= 15 is 0 Å². The van der Waals surface area contributed by atoms with E-state index in [0.29, 0.717) is 5.28 Å². The highest BCUT2D eigenvalue weighted by Gasteiger charge is 2.23. The first-order valence-electron chi connectivity index (χ1n) is 5.33. The monoisotopic (exact) mass is 224 g/mol. The molecule has 5 heteroatoms. The Kier molecular flexibility index (Phi) is 2.25. The molecule has 0 saturated heterocycles. The number of hydrogen-bond acceptors (Lipinski definition) is 4. The molecule has 0 aromatic carbocycles. The van der Waals surface area contributed by atoms with Crippen LogP contribution in [0.4, 0.5) is 5.82 Å². The van der Waals surface area contributed by atoms with E-state index in [0.717, 1.165) is 37.1 Å². The minimum Gasteiger partial charge on any atom is -0.369 e. The lowest BCUT2D eigenvalue weighted by molar-refractivity contribution is 0.757. The van der Waals surface area contributed by atoms with Crippen LogP contribution < -0.4 is 10.6 Å². The van der Waals surface area contributed by atoms with Crippen LogP contribution in [0.15, 0.2) is 0 Å². The minimum absolute atomic E-state index is 0.343. The molecule has 3 rings (SSSR count). The molecule has 1 aliphatic carbocycles. The maximum absolute atomic E-state index is 5.87. The Labute approximate surface area is 93.5 Å². The third-order valence-corrected chi connectivity index (χ3v) is 3.08. The molecule has 0 unspecified atom stereocenters. The van der Waals surface area contributed by atoms with Crippen LogP contribution in [0.3, 0.4) is 0 Å². The van der Waals surface area contributed by atoms with Crippen LogP contribution in [0.5, 0.6) is 0 Å². The molecule has 80 valence electrons. The summed E-state index contributed by atoms with van der Waals surface area (Å²) in [6, 6.07) is 0. The zero-order valence-corrected chi connectivity index (χ0v) is 9.14. The molecule has 1 fully saturated rings. The van der Waals surface area contributed by atoms with Gasteiger partial charge in [0.2, 0.25) is 5.28 Å². The van der Waals surface area contributed by atoms with Crippen molar-refractivity contribution in [2.24, 2.45) is 5.92 Å². The molecule has 1 aromatic rings. The number of nitrogens with zero attached hydrogens (tertiary/aromatic N) is 2. The predicted octanol–water partition coefficient (Wildman–Crippen LogP) is 1.56. The zero-order valence-electron chi connectivity index (χ0n) is 8.39. The highest BCUT2D eigenvalue weighted by molar-refractivity contribution is 6.28. The Bertz CT molecular complexity index is 389. The van der Waals surface area contributed by atoms with Crippen molar-refractivity contribution >= 4 is 17.4 Å². The summed E-state index contributed by atoms with van der Waals surface area (Å²) in [5.74, 6) is 1.76. The van der Waals surface area contributed by atoms with E-state index in [2.05, 4.69) is 20.6 Å². The van der Waals surface area contributed by atoms with Gasteiger partial charge in [0.05, 0.1) is 5.69 Å². The smallest absolute Gasteiger partial charge is 0.224 e. The maximum Gasteiger partial charge on any atom is 0.224 e. The van der Waals surface area contributed by atoms with E-state index < -0.39 is 0 Å². The number of nitrogens with one attached hydrogen (secondary N) is 2. The molecule has 4 nitrogen and oxygen atoms in total. The van der Waals surface area contributed by atoms with Crippen LogP contribution in [0.25, 0.3) is 0 Å². The van der Waals surface area contributed by atoms with Crippen molar-refractivity contribution in [3.05, 3.63) is 16.5 Å². The van der Waals surface area contributed by atoms with E-state index in [1.807, 2.05) is 0 Å². The Balaban J connectivity index is 1.84. The molecule has 2 heterocycles. The van der Waals surface area contributed by atoms with Gasteiger partial charge < -0.3 is 10.6 Å². The summed E-state index contributed by atoms with van der Waals surface area (Å²) in [5.41, 5.74) is 2.22. The predicted molar refractivity (Wildman–Crippen MR) is 58.8 cm³/mol. The molecular weight excluding hydrogens is 212 g/mol. The number of rotatable bonds is 3. The molecular formula is C10H13ClN4. The van der Waals surface area contributed by atoms with Crippen molar-refractivity contribution in [2.45, 2.75) is 25.9 Å². The zero-order chi connectivity index (χ0) is 10.3. The fourth-order valence-corrected chi connectivity index (χ4v) is 2.03. The summed E-state index contributed by atoms with van der Waals surface area (Å²) in [6.07, 6.45) is 2.68. The van der Waals surface area contributed by atoms with E-state index in [9.17, 15) is 0 Å². The van der Waals surface area contributed by atoms with Crippen molar-refractivity contribution in [1.29, 1.82) is 0 Å². The van der Waals surface area contributed by atoms with Crippen LogP contribution in [-0.2, 0) is 13.1 Å². The minimum atomic E-state index is 0.343. The first-order valence-corrected chi connectivity index (χ1v) is 5.70. The van der Waals surface area contributed by atoms with Gasteiger partial charge >= 0.3 is 0 Å². The van der Waals surface area contributed by atoms with Crippen molar-refractivity contribution < 1.29 is 0 Å². The van der Waals surface area contributed by atoms with E-state index in [4.69, 9.17) is 11.6 Å². The average molecular weight is 225 g/mol. The molecule has 0 amide bonds. The van der Waals surface area contributed by atoms with Crippen LogP contribution in [-0.4, -0.2) is 16.5 Å². The number of hydrogen-bond donors (Lipinski definition) is 2. The van der Waals surface area contributed by atoms with Gasteiger partial charge in [-0.05, 0) is 30.4 Å². The highest BCUT2D eigenvalue weighted by Crippen LogP contribution is 2.30. The molecule has 1 saturated carbocycles. The van der Waals surface area contributed by atoms with Crippen LogP contribution >= 0.6 is 11.6 Å². The third-order valence-electron chi connectivity index (χ3n) is 2.91. The van der Waals surface area contributed by atoms with E-state index in [1.165, 1.54) is 18.4 Å². The first kappa shape index (κ1) is 9.36. The summed E-state index contributed by atoms with van der Waals surface area (Å²) in [6.45, 7) is 2.66. The fourth-order valence-electron chi connectivity index (χ4n) is 1.85. The lowest BCUT2D eigenvalue weighted by atomic mass is 10.2. The van der Waals surface area contributed by atoms with E-state index in [1.54, 1.807) is 0 Å². The fraction of sp³-hybridized carbons (Fsp3) is 0.600. The highest BCUT2D eigenvalue weighted by atomic mass is 35.5. The summed E-state index contributed by atoms with van der Waals surface area (Å²) in [4.78, 5) is 8.46. The van der Waals surface area contributed by atoms with Gasteiger partial charge in [-0.15, -0.1) is 0 Å². The van der Waals surface area contributed by atoms with Gasteiger partial charge in [-0.1, -0.05) is 0 Å². The van der Waals surface area contributed by atoms with Gasteiger partial charge in [0.25, 0.3) is 0 Å². The number of fused-ring (bicyclic) bond motifs is 1. The molecule has 0 bridgehead atoms. The Morgan fingerprint density at radius 2 is 2.20 bits per heavy atom. The van der Waals surface area contributed by atoms with Gasteiger partial charge in [0.15, 0.2) is 0 Å². The van der Waals surface area contributed by atoms with Crippen molar-refractivity contribution in [1.82, 2.24) is 15.3 Å². The molecule has 1 aromatic heterocycles. The second-order valence-corrected chi connectivity index (χ2v) is 4.53. The summed E-state index contributed by atoms with van der Waals surface area (Å²) >= 11 is 5.87. The Morgan fingerprint density at radius 1 is 1.33 bits per heavy atom. The second kappa shape index (κ2) is 3.61. The largest absolute Gasteiger partial charge is 0.369 e. The Morgan fingerprint density at radius 3 is 3.00 bits per heavy atom. The topological polar surface area (TPSA) is 49.8 Å². The average Bonchev–Trinajstić information content (AvgIpc) is 2.92. The molecule has 2 N–H and O–H groups in total. The molecule has 0 spiro atoms. The first-order chi connectivity index (χ1) is 7.33. The van der Waals surface area contributed by atoms with Gasteiger partial charge in [0.1, 0.15) is 5.82 Å². The molecule has 0 radical (unpaired) electrons. The lowest BCUT2D eigenvalue weighted by Crippen LogP contribution is -2.09. The van der Waals surface area contributed by atoms with Crippen molar-refractivity contribution in [2.75, 3.05) is 11.9 Å². The quantitative estimate of drug-likeness (QED) is 0.765. The number of aromatic nitrogens is 2. The number of anilines is 1. The summed E-state index contributed by atoms with van der Waals surface area (Å²) in [7, 11) is 0. The standard InChI is InChI=1S/C10H13ClN4/c11-10-14-8-5-12-4-7(8)9(15-10)13-3-6-1-2-6/h6,12H,1-5H2,(H,13,14,15). The van der Waals surface area contributed by atoms with Gasteiger partial charge in [-0.25, -0.2) is 9.97 Å². The Hall–Kier alpha value is -0.870. The summed E-state index contributed by atoms with van der Waals surface area (Å²) < 4.78 is 0. The van der Waals surface area contributed by atoms with Gasteiger partial charge in [-0.3, -0.25) is 0 Å². The molecule has 15 heavy (non-hydrogen) atoms. The van der Waals surface area contributed by atoms with Gasteiger partial charge in [-0.2, -0.15) is 0 Å². The van der Waals surface area contributed by atoms with Crippen LogP contribution in [0.1, 0.15) is 24.1 Å². The molecule has 0 atom stereocenters. The number of halogens is 1. The van der Waals surface area contributed by atoms with Gasteiger partial charge in [0, 0.05) is 25.2 Å². The summed E-state index contributed by atoms with van der Waals surface area (Å²) in [5, 5.41) is 6.97. The second-order valence-electron chi connectivity index (χ2n) is 4.19. The molecule has 1 aliphatic heterocycles. The third kappa shape index (κ3) is 1.92. The normalized spacial score (nSPS) is 19.0. The van der Waals surface area contributed by atoms with Crippen molar-refractivity contribution in [3.63, 3.8) is 0 Å². The molecule has 2 aliphatic rings. The van der Waals surface area contributed by atoms with Crippen LogP contribution in [0.2, 0.25) is 5.28 Å². The van der Waals surface area contributed by atoms with E-state index in [-0.39, 0.29) is 0 Å². The van der Waals surface area contributed by atoms with Crippen molar-refractivity contribution in [3.8, 4) is 0 Å². The lowest BCUT2D eigenvalue weighted by Gasteiger charge is -2.08.